The average Bonchev–Trinajstić information content (AvgIpc) is 3.25. The molecule has 3 aromatic carbocycles. The molecule has 0 bridgehead atoms. The summed E-state index contributed by atoms with van der Waals surface area (Å²) in [6.45, 7) is 6.29. The molecule has 1 N–H and O–H groups in total. The number of para-hydroxylation sites is 2. The maximum atomic E-state index is 14.3. The molecule has 0 saturated carbocycles. The Morgan fingerprint density at radius 2 is 1.24 bits per heavy atom. The number of fused-ring (bicyclic) bond motifs is 2. The Labute approximate surface area is 247 Å². The molecule has 0 fully saturated rings. The van der Waals surface area contributed by atoms with Gasteiger partial charge in [0.25, 0.3) is 10.0 Å². The van der Waals surface area contributed by atoms with E-state index in [0.717, 1.165) is 49.7 Å². The number of nitrogens with zero attached hydrogens (tertiary/aromatic N) is 3. The minimum absolute atomic E-state index is 0.0363. The molecule has 2 aromatic heterocycles. The second-order valence-corrected chi connectivity index (χ2v) is 14.3. The largest absolute Gasteiger partial charge is 0.309 e. The van der Waals surface area contributed by atoms with Crippen molar-refractivity contribution >= 4 is 47.9 Å². The second kappa shape index (κ2) is 12.2. The van der Waals surface area contributed by atoms with E-state index in [4.69, 9.17) is 9.97 Å². The number of rotatable bonds is 12. The number of aromatic nitrogens is 3. The summed E-state index contributed by atoms with van der Waals surface area (Å²) in [4.78, 5) is 9.47. The van der Waals surface area contributed by atoms with Gasteiger partial charge in [-0.25, -0.2) is 26.8 Å². The molecule has 0 aliphatic heterocycles. The smallest absolute Gasteiger partial charge is 0.263 e. The molecule has 5 aromatic rings. The molecule has 5 rings (SSSR count). The van der Waals surface area contributed by atoms with Crippen LogP contribution < -0.4 is 4.72 Å². The van der Waals surface area contributed by atoms with Crippen LogP contribution in [0, 0.1) is 13.8 Å². The molecule has 42 heavy (non-hydrogen) atoms. The van der Waals surface area contributed by atoms with Crippen molar-refractivity contribution in [1.29, 1.82) is 0 Å². The lowest BCUT2D eigenvalue weighted by Crippen LogP contribution is -2.18. The summed E-state index contributed by atoms with van der Waals surface area (Å²) in [5.41, 5.74) is 3.41. The van der Waals surface area contributed by atoms with Crippen molar-refractivity contribution in [3.8, 4) is 0 Å². The molecular formula is C32H36N4O4S2. The highest BCUT2D eigenvalue weighted by molar-refractivity contribution is 7.93. The first kappa shape index (κ1) is 29.7. The first-order valence-corrected chi connectivity index (χ1v) is 17.3. The molecule has 0 aliphatic carbocycles. The number of hydrogen-bond acceptors (Lipinski definition) is 6. The number of benzene rings is 3. The lowest BCUT2D eigenvalue weighted by Gasteiger charge is -2.15. The third-order valence-corrected chi connectivity index (χ3v) is 10.6. The fourth-order valence-electron chi connectivity index (χ4n) is 5.03. The Bertz CT molecular complexity index is 1930. The summed E-state index contributed by atoms with van der Waals surface area (Å²) in [6.07, 6.45) is 6.10. The van der Waals surface area contributed by atoms with Gasteiger partial charge in [0, 0.05) is 6.54 Å². The Hall–Kier alpha value is -3.76. The standard InChI is InChI=1S/C32H36N4O4S2/c1-4-5-6-7-8-11-22-36-31-29(33-27-12-9-10-13-28(27)34-31)30(41(37,38)25-18-14-23(2)15-19-25)32(36)35-42(39,40)26-20-16-24(3)17-21-26/h9-10,12-21,35H,4-8,11,22H2,1-3H3. The van der Waals surface area contributed by atoms with Crippen LogP contribution in [0.25, 0.3) is 22.2 Å². The van der Waals surface area contributed by atoms with Gasteiger partial charge in [-0.2, -0.15) is 0 Å². The minimum Gasteiger partial charge on any atom is -0.309 e. The lowest BCUT2D eigenvalue weighted by atomic mass is 10.1. The highest BCUT2D eigenvalue weighted by Crippen LogP contribution is 2.38. The molecule has 0 unspecified atom stereocenters. The van der Waals surface area contributed by atoms with Gasteiger partial charge in [0.05, 0.1) is 20.8 Å². The molecule has 0 saturated heterocycles. The van der Waals surface area contributed by atoms with Crippen LogP contribution in [0.3, 0.4) is 0 Å². The fourth-order valence-corrected chi connectivity index (χ4v) is 7.72. The number of sulfonamides is 1. The van der Waals surface area contributed by atoms with Crippen molar-refractivity contribution in [2.45, 2.75) is 80.5 Å². The van der Waals surface area contributed by atoms with E-state index in [-0.39, 0.29) is 26.0 Å². The Balaban J connectivity index is 1.74. The van der Waals surface area contributed by atoms with E-state index in [1.807, 2.05) is 32.0 Å². The number of unbranched alkanes of at least 4 members (excludes halogenated alkanes) is 5. The SMILES string of the molecule is CCCCCCCCn1c(NS(=O)(=O)c2ccc(C)cc2)c(S(=O)(=O)c2ccc(C)cc2)c2nc3ccccc3nc21. The number of aryl methyl sites for hydroxylation is 3. The van der Waals surface area contributed by atoms with Crippen LogP contribution in [0.5, 0.6) is 0 Å². The van der Waals surface area contributed by atoms with Gasteiger partial charge >= 0.3 is 0 Å². The first-order chi connectivity index (χ1) is 20.1. The van der Waals surface area contributed by atoms with Gasteiger partial charge in [-0.3, -0.25) is 4.72 Å². The first-order valence-electron chi connectivity index (χ1n) is 14.3. The molecule has 0 radical (unpaired) electrons. The zero-order valence-electron chi connectivity index (χ0n) is 24.2. The summed E-state index contributed by atoms with van der Waals surface area (Å²) >= 11 is 0. The van der Waals surface area contributed by atoms with Crippen LogP contribution in [0.1, 0.15) is 56.6 Å². The molecule has 220 valence electrons. The van der Waals surface area contributed by atoms with Gasteiger partial charge in [0.1, 0.15) is 16.2 Å². The summed E-state index contributed by atoms with van der Waals surface area (Å²) in [6, 6.07) is 20.2. The minimum atomic E-state index is -4.21. The van der Waals surface area contributed by atoms with Gasteiger partial charge < -0.3 is 4.57 Å². The van der Waals surface area contributed by atoms with Crippen LogP contribution in [0.4, 0.5) is 5.82 Å². The van der Waals surface area contributed by atoms with Crippen molar-refractivity contribution in [2.75, 3.05) is 4.72 Å². The zero-order valence-corrected chi connectivity index (χ0v) is 25.8. The van der Waals surface area contributed by atoms with Crippen molar-refractivity contribution in [3.05, 3.63) is 83.9 Å². The van der Waals surface area contributed by atoms with Crippen LogP contribution in [-0.2, 0) is 26.4 Å². The fraction of sp³-hybridized carbons (Fsp3) is 0.312. The summed E-state index contributed by atoms with van der Waals surface area (Å²) < 4.78 is 60.4. The average molecular weight is 605 g/mol. The quantitative estimate of drug-likeness (QED) is 0.151. The summed E-state index contributed by atoms with van der Waals surface area (Å²) in [5, 5.41) is 0. The second-order valence-electron chi connectivity index (χ2n) is 10.7. The summed E-state index contributed by atoms with van der Waals surface area (Å²) in [7, 11) is -8.37. The predicted octanol–water partition coefficient (Wildman–Crippen LogP) is 7.20. The van der Waals surface area contributed by atoms with Crippen LogP contribution in [0.15, 0.2) is 87.5 Å². The summed E-state index contributed by atoms with van der Waals surface area (Å²) in [5.74, 6) is -0.0463. The van der Waals surface area contributed by atoms with E-state index in [0.29, 0.717) is 23.2 Å². The molecule has 0 atom stereocenters. The Morgan fingerprint density at radius 3 is 1.86 bits per heavy atom. The van der Waals surface area contributed by atoms with Gasteiger partial charge in [-0.1, -0.05) is 86.6 Å². The number of sulfone groups is 1. The lowest BCUT2D eigenvalue weighted by molar-refractivity contribution is 0.564. The number of hydrogen-bond donors (Lipinski definition) is 1. The van der Waals surface area contributed by atoms with E-state index in [9.17, 15) is 16.8 Å². The highest BCUT2D eigenvalue weighted by atomic mass is 32.2. The van der Waals surface area contributed by atoms with Crippen LogP contribution >= 0.6 is 0 Å². The maximum absolute atomic E-state index is 14.3. The number of nitrogens with one attached hydrogen (secondary N) is 1. The normalized spacial score (nSPS) is 12.3. The third kappa shape index (κ3) is 6.05. The molecule has 2 heterocycles. The number of anilines is 1. The van der Waals surface area contributed by atoms with E-state index in [1.54, 1.807) is 34.9 Å². The van der Waals surface area contributed by atoms with Gasteiger partial charge in [-0.05, 0) is 56.7 Å². The Kier molecular flexibility index (Phi) is 8.65. The van der Waals surface area contributed by atoms with E-state index < -0.39 is 19.9 Å². The van der Waals surface area contributed by atoms with E-state index in [2.05, 4.69) is 11.6 Å². The van der Waals surface area contributed by atoms with Gasteiger partial charge in [0.2, 0.25) is 9.84 Å². The maximum Gasteiger partial charge on any atom is 0.263 e. The Morgan fingerprint density at radius 1 is 0.690 bits per heavy atom. The topological polar surface area (TPSA) is 111 Å². The molecular weight excluding hydrogens is 569 g/mol. The highest BCUT2D eigenvalue weighted by Gasteiger charge is 2.33. The van der Waals surface area contributed by atoms with E-state index in [1.165, 1.54) is 24.3 Å². The van der Waals surface area contributed by atoms with Crippen molar-refractivity contribution < 1.29 is 16.8 Å². The molecule has 8 nitrogen and oxygen atoms in total. The van der Waals surface area contributed by atoms with Crippen molar-refractivity contribution in [2.24, 2.45) is 0 Å². The molecule has 0 amide bonds. The predicted molar refractivity (Wildman–Crippen MR) is 167 cm³/mol. The monoisotopic (exact) mass is 604 g/mol. The zero-order chi connectivity index (χ0) is 29.9. The molecule has 10 heteroatoms. The molecule has 0 spiro atoms. The van der Waals surface area contributed by atoms with Crippen LogP contribution in [-0.4, -0.2) is 31.4 Å². The van der Waals surface area contributed by atoms with Crippen LogP contribution in [0.2, 0.25) is 0 Å². The third-order valence-electron chi connectivity index (χ3n) is 7.41. The van der Waals surface area contributed by atoms with Crippen molar-refractivity contribution in [3.63, 3.8) is 0 Å². The molecule has 0 aliphatic rings. The van der Waals surface area contributed by atoms with E-state index >= 15 is 0 Å². The van der Waals surface area contributed by atoms with Gasteiger partial charge in [-0.15, -0.1) is 0 Å². The van der Waals surface area contributed by atoms with Crippen molar-refractivity contribution in [1.82, 2.24) is 14.5 Å². The van der Waals surface area contributed by atoms with Gasteiger partial charge in [0.15, 0.2) is 5.65 Å².